The van der Waals surface area contributed by atoms with Crippen molar-refractivity contribution in [2.75, 3.05) is 26.7 Å². The van der Waals surface area contributed by atoms with Crippen LogP contribution in [0.1, 0.15) is 37.3 Å². The highest BCUT2D eigenvalue weighted by atomic mass is 16.5. The Morgan fingerprint density at radius 1 is 1.20 bits per heavy atom. The van der Waals surface area contributed by atoms with Gasteiger partial charge in [0.1, 0.15) is 0 Å². The summed E-state index contributed by atoms with van der Waals surface area (Å²) in [5.41, 5.74) is 1.45. The van der Waals surface area contributed by atoms with Gasteiger partial charge in [-0.2, -0.15) is 0 Å². The van der Waals surface area contributed by atoms with E-state index in [1.54, 1.807) is 0 Å². The van der Waals surface area contributed by atoms with Gasteiger partial charge in [-0.3, -0.25) is 4.90 Å². The highest BCUT2D eigenvalue weighted by Crippen LogP contribution is 2.27. The van der Waals surface area contributed by atoms with E-state index in [2.05, 4.69) is 40.5 Å². The first-order valence-corrected chi connectivity index (χ1v) is 7.92. The van der Waals surface area contributed by atoms with Gasteiger partial charge in [0.15, 0.2) is 0 Å². The summed E-state index contributed by atoms with van der Waals surface area (Å²) in [7, 11) is 1.82. The first kappa shape index (κ1) is 14.1. The molecule has 1 N–H and O–H groups in total. The molecule has 2 fully saturated rings. The molecule has 0 amide bonds. The lowest BCUT2D eigenvalue weighted by Crippen LogP contribution is -2.47. The topological polar surface area (TPSA) is 24.5 Å². The van der Waals surface area contributed by atoms with Gasteiger partial charge in [-0.1, -0.05) is 30.3 Å². The summed E-state index contributed by atoms with van der Waals surface area (Å²) in [6.07, 6.45) is 5.50. The smallest absolute Gasteiger partial charge is 0.0601 e. The molecule has 1 saturated heterocycles. The van der Waals surface area contributed by atoms with Crippen molar-refractivity contribution in [3.63, 3.8) is 0 Å². The molecule has 0 aromatic heterocycles. The predicted octanol–water partition coefficient (Wildman–Crippen LogP) is 2.59. The lowest BCUT2D eigenvalue weighted by Gasteiger charge is -2.37. The molecular formula is C17H26N2O. The lowest BCUT2D eigenvalue weighted by molar-refractivity contribution is 0.0155. The molecule has 1 aromatic rings. The molecule has 3 heteroatoms. The number of likely N-dealkylation sites (tertiary alicyclic amines) is 1. The Balaban J connectivity index is 1.58. The van der Waals surface area contributed by atoms with E-state index in [0.717, 1.165) is 19.4 Å². The molecule has 1 saturated carbocycles. The van der Waals surface area contributed by atoms with Crippen LogP contribution < -0.4 is 5.32 Å². The van der Waals surface area contributed by atoms with E-state index in [4.69, 9.17) is 4.74 Å². The van der Waals surface area contributed by atoms with Crippen LogP contribution in [0.4, 0.5) is 0 Å². The maximum Gasteiger partial charge on any atom is 0.0601 e. The summed E-state index contributed by atoms with van der Waals surface area (Å²) in [4.78, 5) is 2.63. The van der Waals surface area contributed by atoms with Gasteiger partial charge in [-0.15, -0.1) is 0 Å². The Labute approximate surface area is 122 Å². The lowest BCUT2D eigenvalue weighted by atomic mass is 9.89. The first-order chi connectivity index (χ1) is 9.86. The van der Waals surface area contributed by atoms with Crippen molar-refractivity contribution in [3.8, 4) is 0 Å². The average molecular weight is 274 g/mol. The highest BCUT2D eigenvalue weighted by Gasteiger charge is 2.30. The minimum atomic E-state index is 0.481. The van der Waals surface area contributed by atoms with E-state index in [9.17, 15) is 0 Å². The van der Waals surface area contributed by atoms with Gasteiger partial charge in [0.2, 0.25) is 0 Å². The highest BCUT2D eigenvalue weighted by molar-refractivity contribution is 5.20. The number of ether oxygens (including phenoxy) is 1. The van der Waals surface area contributed by atoms with Gasteiger partial charge >= 0.3 is 0 Å². The second-order valence-electron chi connectivity index (χ2n) is 6.10. The largest absolute Gasteiger partial charge is 0.381 e. The molecule has 0 bridgehead atoms. The van der Waals surface area contributed by atoms with Crippen LogP contribution in [-0.4, -0.2) is 43.8 Å². The summed E-state index contributed by atoms with van der Waals surface area (Å²) in [6, 6.07) is 12.1. The van der Waals surface area contributed by atoms with Crippen LogP contribution in [0.25, 0.3) is 0 Å². The normalized spacial score (nSPS) is 28.2. The minimum absolute atomic E-state index is 0.481. The van der Waals surface area contributed by atoms with Crippen LogP contribution in [-0.2, 0) is 4.74 Å². The zero-order valence-corrected chi connectivity index (χ0v) is 12.4. The van der Waals surface area contributed by atoms with Gasteiger partial charge in [0.05, 0.1) is 6.10 Å². The first-order valence-electron chi connectivity index (χ1n) is 7.92. The molecule has 0 radical (unpaired) electrons. The fourth-order valence-corrected chi connectivity index (χ4v) is 3.39. The van der Waals surface area contributed by atoms with Gasteiger partial charge in [0.25, 0.3) is 0 Å². The van der Waals surface area contributed by atoms with E-state index < -0.39 is 0 Å². The summed E-state index contributed by atoms with van der Waals surface area (Å²) in [5.74, 6) is 0. The number of methoxy groups -OCH3 is 1. The van der Waals surface area contributed by atoms with E-state index in [0.29, 0.717) is 18.2 Å². The van der Waals surface area contributed by atoms with Crippen molar-refractivity contribution in [2.45, 2.75) is 43.9 Å². The molecule has 1 aliphatic carbocycles. The third-order valence-corrected chi connectivity index (χ3v) is 4.79. The summed E-state index contributed by atoms with van der Waals surface area (Å²) in [5, 5.41) is 3.74. The van der Waals surface area contributed by atoms with Crippen LogP contribution in [0.15, 0.2) is 30.3 Å². The third-order valence-electron chi connectivity index (χ3n) is 4.79. The van der Waals surface area contributed by atoms with Gasteiger partial charge in [-0.05, 0) is 44.3 Å². The molecule has 1 aliphatic heterocycles. The Bertz CT molecular complexity index is 397. The molecule has 1 aromatic carbocycles. The van der Waals surface area contributed by atoms with Crippen molar-refractivity contribution in [3.05, 3.63) is 35.9 Å². The Kier molecular flexibility index (Phi) is 4.71. The fraction of sp³-hybridized carbons (Fsp3) is 0.647. The molecule has 20 heavy (non-hydrogen) atoms. The molecule has 0 spiro atoms. The molecule has 1 heterocycles. The zero-order chi connectivity index (χ0) is 13.8. The summed E-state index contributed by atoms with van der Waals surface area (Å²) < 4.78 is 5.36. The van der Waals surface area contributed by atoms with Crippen molar-refractivity contribution >= 4 is 0 Å². The average Bonchev–Trinajstić information content (AvgIpc) is 2.96. The van der Waals surface area contributed by atoms with Crippen LogP contribution in [0, 0.1) is 0 Å². The second-order valence-corrected chi connectivity index (χ2v) is 6.10. The number of nitrogens with one attached hydrogen (secondary N) is 1. The van der Waals surface area contributed by atoms with Gasteiger partial charge < -0.3 is 10.1 Å². The van der Waals surface area contributed by atoms with Crippen molar-refractivity contribution < 1.29 is 4.74 Å². The maximum absolute atomic E-state index is 5.36. The maximum atomic E-state index is 5.36. The summed E-state index contributed by atoms with van der Waals surface area (Å²) >= 11 is 0. The molecule has 1 unspecified atom stereocenters. The van der Waals surface area contributed by atoms with E-state index in [1.807, 2.05) is 7.11 Å². The molecular weight excluding hydrogens is 248 g/mol. The monoisotopic (exact) mass is 274 g/mol. The number of hydrogen-bond acceptors (Lipinski definition) is 3. The van der Waals surface area contributed by atoms with Gasteiger partial charge in [-0.25, -0.2) is 0 Å². The SMILES string of the molecule is COC1CC(NCC(c2ccccc2)N2CCCC2)C1. The van der Waals surface area contributed by atoms with E-state index in [-0.39, 0.29) is 0 Å². The second kappa shape index (κ2) is 6.70. The van der Waals surface area contributed by atoms with Crippen LogP contribution in [0.5, 0.6) is 0 Å². The molecule has 3 rings (SSSR count). The number of rotatable bonds is 6. The third kappa shape index (κ3) is 3.22. The predicted molar refractivity (Wildman–Crippen MR) is 81.8 cm³/mol. The Hall–Kier alpha value is -0.900. The van der Waals surface area contributed by atoms with E-state index in [1.165, 1.54) is 31.5 Å². The van der Waals surface area contributed by atoms with Gasteiger partial charge in [0, 0.05) is 25.7 Å². The number of nitrogens with zero attached hydrogens (tertiary/aromatic N) is 1. The molecule has 1 atom stereocenters. The van der Waals surface area contributed by atoms with Crippen LogP contribution in [0.2, 0.25) is 0 Å². The fourth-order valence-electron chi connectivity index (χ4n) is 3.39. The Morgan fingerprint density at radius 2 is 1.90 bits per heavy atom. The van der Waals surface area contributed by atoms with Crippen LogP contribution >= 0.6 is 0 Å². The van der Waals surface area contributed by atoms with Crippen LogP contribution in [0.3, 0.4) is 0 Å². The van der Waals surface area contributed by atoms with Crippen molar-refractivity contribution in [1.82, 2.24) is 10.2 Å². The quantitative estimate of drug-likeness (QED) is 0.863. The number of hydrogen-bond donors (Lipinski definition) is 1. The minimum Gasteiger partial charge on any atom is -0.381 e. The van der Waals surface area contributed by atoms with Crippen molar-refractivity contribution in [2.24, 2.45) is 0 Å². The molecule has 2 aliphatic rings. The zero-order valence-electron chi connectivity index (χ0n) is 12.4. The Morgan fingerprint density at radius 3 is 2.55 bits per heavy atom. The molecule has 110 valence electrons. The standard InChI is InChI=1S/C17H26N2O/c1-20-16-11-15(12-16)18-13-17(19-9-5-6-10-19)14-7-3-2-4-8-14/h2-4,7-8,15-18H,5-6,9-13H2,1H3. The summed E-state index contributed by atoms with van der Waals surface area (Å²) in [6.45, 7) is 3.55. The van der Waals surface area contributed by atoms with Crippen molar-refractivity contribution in [1.29, 1.82) is 0 Å². The van der Waals surface area contributed by atoms with E-state index >= 15 is 0 Å². The molecule has 3 nitrogen and oxygen atoms in total. The number of benzene rings is 1.